The Bertz CT molecular complexity index is 1010. The number of aryl methyl sites for hydroxylation is 1. The predicted octanol–water partition coefficient (Wildman–Crippen LogP) is 4.30. The Morgan fingerprint density at radius 3 is 2.30 bits per heavy atom. The van der Waals surface area contributed by atoms with Crippen LogP contribution in [0.4, 0.5) is 0 Å². The van der Waals surface area contributed by atoms with Gasteiger partial charge < -0.3 is 4.52 Å². The quantitative estimate of drug-likeness (QED) is 0.611. The first-order valence-electron chi connectivity index (χ1n) is 8.44. The molecule has 0 atom stereocenters. The molecule has 0 saturated carbocycles. The topological polar surface area (TPSA) is 76.3 Å². The molecule has 0 fully saturated rings. The van der Waals surface area contributed by atoms with Gasteiger partial charge in [-0.3, -0.25) is 0 Å². The van der Waals surface area contributed by atoms with Crippen LogP contribution in [0.5, 0.6) is 0 Å². The van der Waals surface area contributed by atoms with Crippen molar-refractivity contribution in [2.45, 2.75) is 38.3 Å². The number of halogens is 1. The van der Waals surface area contributed by atoms with Crippen LogP contribution in [-0.4, -0.2) is 28.9 Å². The third-order valence-corrected chi connectivity index (χ3v) is 6.35. The van der Waals surface area contributed by atoms with Crippen LogP contribution in [-0.2, 0) is 16.6 Å². The Balaban J connectivity index is 1.87. The fourth-order valence-corrected chi connectivity index (χ4v) is 4.27. The van der Waals surface area contributed by atoms with E-state index in [0.717, 1.165) is 11.1 Å². The van der Waals surface area contributed by atoms with Gasteiger partial charge in [-0.2, -0.15) is 9.29 Å². The van der Waals surface area contributed by atoms with E-state index < -0.39 is 10.0 Å². The van der Waals surface area contributed by atoms with Crippen molar-refractivity contribution in [3.8, 4) is 11.4 Å². The van der Waals surface area contributed by atoms with Gasteiger partial charge in [0.15, 0.2) is 0 Å². The van der Waals surface area contributed by atoms with Gasteiger partial charge in [0.25, 0.3) is 0 Å². The van der Waals surface area contributed by atoms with Gasteiger partial charge in [-0.25, -0.2) is 8.42 Å². The molecule has 2 aromatic carbocycles. The molecule has 0 saturated heterocycles. The SMILES string of the molecule is Cc1ccc(-c2noc(CN(C(C)C)S(=O)(=O)c3ccc(Cl)cc3)n2)cc1. The van der Waals surface area contributed by atoms with Crippen molar-refractivity contribution >= 4 is 21.6 Å². The van der Waals surface area contributed by atoms with Crippen molar-refractivity contribution < 1.29 is 12.9 Å². The molecule has 0 aliphatic rings. The highest BCUT2D eigenvalue weighted by Gasteiger charge is 2.29. The second-order valence-electron chi connectivity index (χ2n) is 6.48. The third-order valence-electron chi connectivity index (χ3n) is 4.07. The molecule has 0 unspecified atom stereocenters. The average Bonchev–Trinajstić information content (AvgIpc) is 3.09. The number of hydrogen-bond acceptors (Lipinski definition) is 5. The van der Waals surface area contributed by atoms with E-state index in [1.54, 1.807) is 26.0 Å². The Labute approximate surface area is 163 Å². The summed E-state index contributed by atoms with van der Waals surface area (Å²) in [6, 6.07) is 13.5. The van der Waals surface area contributed by atoms with E-state index in [2.05, 4.69) is 10.1 Å². The molecule has 0 spiro atoms. The molecule has 8 heteroatoms. The molecule has 3 aromatic rings. The fourth-order valence-electron chi connectivity index (χ4n) is 2.56. The summed E-state index contributed by atoms with van der Waals surface area (Å²) >= 11 is 5.86. The van der Waals surface area contributed by atoms with Gasteiger partial charge in [0.1, 0.15) is 0 Å². The average molecular weight is 406 g/mol. The lowest BCUT2D eigenvalue weighted by molar-refractivity contribution is 0.286. The summed E-state index contributed by atoms with van der Waals surface area (Å²) in [5.41, 5.74) is 1.94. The number of hydrogen-bond donors (Lipinski definition) is 0. The summed E-state index contributed by atoms with van der Waals surface area (Å²) in [5.74, 6) is 0.661. The minimum Gasteiger partial charge on any atom is -0.338 e. The molecule has 0 radical (unpaired) electrons. The normalized spacial score (nSPS) is 12.1. The Morgan fingerprint density at radius 2 is 1.70 bits per heavy atom. The summed E-state index contributed by atoms with van der Waals surface area (Å²) in [6.07, 6.45) is 0. The summed E-state index contributed by atoms with van der Waals surface area (Å²) in [6.45, 7) is 5.57. The lowest BCUT2D eigenvalue weighted by Gasteiger charge is -2.24. The largest absolute Gasteiger partial charge is 0.338 e. The van der Waals surface area contributed by atoms with Gasteiger partial charge in [-0.1, -0.05) is 46.6 Å². The van der Waals surface area contributed by atoms with E-state index in [1.807, 2.05) is 31.2 Å². The minimum absolute atomic E-state index is 0.0124. The van der Waals surface area contributed by atoms with Gasteiger partial charge in [0.05, 0.1) is 11.4 Å². The van der Waals surface area contributed by atoms with Gasteiger partial charge in [-0.05, 0) is 45.0 Å². The highest BCUT2D eigenvalue weighted by Crippen LogP contribution is 2.23. The molecule has 0 amide bonds. The molecule has 0 bridgehead atoms. The predicted molar refractivity (Wildman–Crippen MR) is 104 cm³/mol. The molecule has 1 heterocycles. The molecule has 0 aliphatic heterocycles. The number of nitrogens with zero attached hydrogens (tertiary/aromatic N) is 3. The maximum atomic E-state index is 13.0. The second kappa shape index (κ2) is 7.80. The molecule has 1 aromatic heterocycles. The van der Waals surface area contributed by atoms with Crippen molar-refractivity contribution in [1.29, 1.82) is 0 Å². The minimum atomic E-state index is -3.73. The van der Waals surface area contributed by atoms with Gasteiger partial charge in [-0.15, -0.1) is 0 Å². The first kappa shape index (κ1) is 19.5. The number of sulfonamides is 1. The molecular formula is C19H20ClN3O3S. The molecule has 0 aliphatic carbocycles. The van der Waals surface area contributed by atoms with Crippen LogP contribution in [0.15, 0.2) is 57.9 Å². The van der Waals surface area contributed by atoms with E-state index >= 15 is 0 Å². The van der Waals surface area contributed by atoms with Crippen molar-refractivity contribution in [2.24, 2.45) is 0 Å². The van der Waals surface area contributed by atoms with Crippen LogP contribution in [0.25, 0.3) is 11.4 Å². The van der Waals surface area contributed by atoms with Crippen LogP contribution >= 0.6 is 11.6 Å². The van der Waals surface area contributed by atoms with Crippen LogP contribution in [0.2, 0.25) is 5.02 Å². The monoisotopic (exact) mass is 405 g/mol. The molecule has 27 heavy (non-hydrogen) atoms. The standard InChI is InChI=1S/C19H20ClN3O3S/c1-13(2)23(27(24,25)17-10-8-16(20)9-11-17)12-18-21-19(22-26-18)15-6-4-14(3)5-7-15/h4-11,13H,12H2,1-3H3. The highest BCUT2D eigenvalue weighted by molar-refractivity contribution is 7.89. The first-order valence-corrected chi connectivity index (χ1v) is 10.3. The van der Waals surface area contributed by atoms with Gasteiger partial charge in [0, 0.05) is 16.6 Å². The van der Waals surface area contributed by atoms with Crippen LogP contribution in [0, 0.1) is 6.92 Å². The second-order valence-corrected chi connectivity index (χ2v) is 8.80. The highest BCUT2D eigenvalue weighted by atomic mass is 35.5. The summed E-state index contributed by atoms with van der Waals surface area (Å²) in [5, 5.41) is 4.45. The Hall–Kier alpha value is -2.22. The van der Waals surface area contributed by atoms with E-state index in [0.29, 0.717) is 10.8 Å². The van der Waals surface area contributed by atoms with Crippen molar-refractivity contribution in [2.75, 3.05) is 0 Å². The lowest BCUT2D eigenvalue weighted by atomic mass is 10.1. The fraction of sp³-hybridized carbons (Fsp3) is 0.263. The Morgan fingerprint density at radius 1 is 1.07 bits per heavy atom. The summed E-state index contributed by atoms with van der Waals surface area (Å²) in [7, 11) is -3.73. The van der Waals surface area contributed by atoms with Crippen molar-refractivity contribution in [3.05, 3.63) is 65.0 Å². The van der Waals surface area contributed by atoms with E-state index in [9.17, 15) is 8.42 Å². The molecular weight excluding hydrogens is 386 g/mol. The first-order chi connectivity index (χ1) is 12.8. The zero-order chi connectivity index (χ0) is 19.6. The van der Waals surface area contributed by atoms with Gasteiger partial charge in [0.2, 0.25) is 21.7 Å². The maximum Gasteiger partial charge on any atom is 0.243 e. The molecule has 3 rings (SSSR count). The molecule has 6 nitrogen and oxygen atoms in total. The number of rotatable bonds is 6. The van der Waals surface area contributed by atoms with Crippen LogP contribution in [0.1, 0.15) is 25.3 Å². The van der Waals surface area contributed by atoms with Crippen molar-refractivity contribution in [3.63, 3.8) is 0 Å². The lowest BCUT2D eigenvalue weighted by Crippen LogP contribution is -2.36. The van der Waals surface area contributed by atoms with E-state index in [4.69, 9.17) is 16.1 Å². The van der Waals surface area contributed by atoms with Crippen molar-refractivity contribution in [1.82, 2.24) is 14.4 Å². The van der Waals surface area contributed by atoms with E-state index in [1.165, 1.54) is 16.4 Å². The number of benzene rings is 2. The van der Waals surface area contributed by atoms with Gasteiger partial charge >= 0.3 is 0 Å². The maximum absolute atomic E-state index is 13.0. The smallest absolute Gasteiger partial charge is 0.243 e. The van der Waals surface area contributed by atoms with Crippen LogP contribution in [0.3, 0.4) is 0 Å². The third kappa shape index (κ3) is 4.37. The summed E-state index contributed by atoms with van der Waals surface area (Å²) < 4.78 is 32.6. The zero-order valence-electron chi connectivity index (χ0n) is 15.3. The van der Waals surface area contributed by atoms with E-state index in [-0.39, 0.29) is 23.4 Å². The summed E-state index contributed by atoms with van der Waals surface area (Å²) in [4.78, 5) is 4.51. The number of aromatic nitrogens is 2. The zero-order valence-corrected chi connectivity index (χ0v) is 16.8. The molecule has 0 N–H and O–H groups in total. The Kier molecular flexibility index (Phi) is 5.64. The van der Waals surface area contributed by atoms with Crippen LogP contribution < -0.4 is 0 Å². The molecule has 142 valence electrons.